The van der Waals surface area contributed by atoms with Gasteiger partial charge in [0.2, 0.25) is 0 Å². The smallest absolute Gasteiger partial charge is 0.258 e. The lowest BCUT2D eigenvalue weighted by molar-refractivity contribution is 0.102. The first-order chi connectivity index (χ1) is 9.11. The minimum absolute atomic E-state index is 0.255. The molecule has 0 aliphatic rings. The van der Waals surface area contributed by atoms with E-state index in [0.717, 1.165) is 22.1 Å². The third-order valence-corrected chi connectivity index (χ3v) is 3.53. The van der Waals surface area contributed by atoms with Crippen LogP contribution in [0.5, 0.6) is 0 Å². The monoisotopic (exact) mass is 338 g/mol. The van der Waals surface area contributed by atoms with Crippen molar-refractivity contribution in [2.45, 2.75) is 13.3 Å². The van der Waals surface area contributed by atoms with Crippen molar-refractivity contribution in [3.63, 3.8) is 0 Å². The number of benzene rings is 1. The summed E-state index contributed by atoms with van der Waals surface area (Å²) in [7, 11) is 0. The maximum absolute atomic E-state index is 12.1. The maximum Gasteiger partial charge on any atom is 0.258 e. The normalized spacial score (nSPS) is 10.3. The molecule has 0 spiro atoms. The molecule has 1 heterocycles. The first kappa shape index (κ1) is 14.0. The summed E-state index contributed by atoms with van der Waals surface area (Å²) in [6, 6.07) is 7.34. The lowest BCUT2D eigenvalue weighted by Crippen LogP contribution is -2.14. The highest BCUT2D eigenvalue weighted by atomic mass is 79.9. The Kier molecular flexibility index (Phi) is 4.56. The first-order valence-electron chi connectivity index (χ1n) is 5.81. The van der Waals surface area contributed by atoms with E-state index in [0.29, 0.717) is 10.6 Å². The van der Waals surface area contributed by atoms with E-state index < -0.39 is 0 Å². The van der Waals surface area contributed by atoms with E-state index in [9.17, 15) is 4.79 Å². The highest BCUT2D eigenvalue weighted by Gasteiger charge is 2.12. The Balaban J connectivity index is 2.27. The van der Waals surface area contributed by atoms with E-state index in [1.165, 1.54) is 6.20 Å². The fourth-order valence-electron chi connectivity index (χ4n) is 1.71. The molecular weight excluding hydrogens is 328 g/mol. The van der Waals surface area contributed by atoms with Crippen molar-refractivity contribution >= 4 is 39.1 Å². The molecule has 1 aromatic carbocycles. The minimum atomic E-state index is -0.255. The van der Waals surface area contributed by atoms with Gasteiger partial charge in [-0.3, -0.25) is 9.78 Å². The molecule has 1 aromatic heterocycles. The van der Waals surface area contributed by atoms with Crippen LogP contribution in [0.4, 0.5) is 5.69 Å². The molecule has 1 amide bonds. The van der Waals surface area contributed by atoms with E-state index >= 15 is 0 Å². The lowest BCUT2D eigenvalue weighted by atomic mass is 10.1. The Hall–Kier alpha value is -1.39. The summed E-state index contributed by atoms with van der Waals surface area (Å²) < 4.78 is 0.988. The van der Waals surface area contributed by atoms with E-state index in [1.807, 2.05) is 25.1 Å². The number of rotatable bonds is 3. The Morgan fingerprint density at radius 2 is 2.21 bits per heavy atom. The molecule has 98 valence electrons. The molecule has 1 N–H and O–H groups in total. The van der Waals surface area contributed by atoms with E-state index in [1.54, 1.807) is 12.3 Å². The summed E-state index contributed by atoms with van der Waals surface area (Å²) in [6.45, 7) is 2.04. The average Bonchev–Trinajstić information content (AvgIpc) is 2.41. The molecular formula is C14H12BrClN2O. The zero-order valence-corrected chi connectivity index (χ0v) is 12.6. The van der Waals surface area contributed by atoms with Gasteiger partial charge >= 0.3 is 0 Å². The molecule has 0 radical (unpaired) electrons. The quantitative estimate of drug-likeness (QED) is 0.905. The van der Waals surface area contributed by atoms with Crippen LogP contribution in [0, 0.1) is 0 Å². The van der Waals surface area contributed by atoms with Gasteiger partial charge in [-0.25, -0.2) is 0 Å². The predicted molar refractivity (Wildman–Crippen MR) is 80.7 cm³/mol. The third-order valence-electron chi connectivity index (χ3n) is 2.71. The number of amides is 1. The number of anilines is 1. The number of aromatic nitrogens is 1. The number of carbonyl (C=O) groups excluding carboxylic acids is 1. The summed E-state index contributed by atoms with van der Waals surface area (Å²) in [4.78, 5) is 16.1. The molecule has 0 aliphatic heterocycles. The van der Waals surface area contributed by atoms with Crippen LogP contribution in [0.15, 0.2) is 41.1 Å². The third kappa shape index (κ3) is 3.33. The van der Waals surface area contributed by atoms with Gasteiger partial charge in [0.25, 0.3) is 5.91 Å². The molecule has 2 rings (SSSR count). The van der Waals surface area contributed by atoms with Crippen molar-refractivity contribution in [3.8, 4) is 0 Å². The van der Waals surface area contributed by atoms with Crippen molar-refractivity contribution < 1.29 is 4.79 Å². The Morgan fingerprint density at radius 3 is 2.89 bits per heavy atom. The standard InChI is InChI=1S/C14H12BrClN2O/c1-2-9-7-10(15)3-4-13(9)18-14(19)11-8-17-6-5-12(11)16/h3-8H,2H2,1H3,(H,18,19). The number of halogens is 2. The van der Waals surface area contributed by atoms with Crippen molar-refractivity contribution in [2.75, 3.05) is 5.32 Å². The number of nitrogens with one attached hydrogen (secondary N) is 1. The molecule has 2 aromatic rings. The molecule has 19 heavy (non-hydrogen) atoms. The average molecular weight is 340 g/mol. The van der Waals surface area contributed by atoms with Crippen LogP contribution in [0.3, 0.4) is 0 Å². The second-order valence-electron chi connectivity index (χ2n) is 3.96. The van der Waals surface area contributed by atoms with Crippen LogP contribution < -0.4 is 5.32 Å². The Labute approximate surface area is 125 Å². The number of carbonyl (C=O) groups is 1. The summed E-state index contributed by atoms with van der Waals surface area (Å²) >= 11 is 9.39. The highest BCUT2D eigenvalue weighted by Crippen LogP contribution is 2.23. The molecule has 3 nitrogen and oxygen atoms in total. The molecule has 0 atom stereocenters. The van der Waals surface area contributed by atoms with Crippen LogP contribution in [0.2, 0.25) is 5.02 Å². The largest absolute Gasteiger partial charge is 0.322 e. The molecule has 0 saturated heterocycles. The number of nitrogens with zero attached hydrogens (tertiary/aromatic N) is 1. The summed E-state index contributed by atoms with van der Waals surface area (Å²) in [5.41, 5.74) is 2.22. The van der Waals surface area contributed by atoms with Crippen LogP contribution in [0.25, 0.3) is 0 Å². The predicted octanol–water partition coefficient (Wildman–Crippen LogP) is 4.31. The van der Waals surface area contributed by atoms with Crippen molar-refractivity contribution in [3.05, 3.63) is 57.3 Å². The molecule has 0 saturated carbocycles. The van der Waals surface area contributed by atoms with Gasteiger partial charge in [0.05, 0.1) is 10.6 Å². The van der Waals surface area contributed by atoms with E-state index in [4.69, 9.17) is 11.6 Å². The SMILES string of the molecule is CCc1cc(Br)ccc1NC(=O)c1cnccc1Cl. The second-order valence-corrected chi connectivity index (χ2v) is 5.29. The maximum atomic E-state index is 12.1. The van der Waals surface area contributed by atoms with Crippen LogP contribution in [-0.4, -0.2) is 10.9 Å². The molecule has 0 unspecified atom stereocenters. The lowest BCUT2D eigenvalue weighted by Gasteiger charge is -2.11. The zero-order valence-electron chi connectivity index (χ0n) is 10.3. The van der Waals surface area contributed by atoms with Gasteiger partial charge in [-0.1, -0.05) is 34.5 Å². The van der Waals surface area contributed by atoms with Gasteiger partial charge < -0.3 is 5.32 Å². The fourth-order valence-corrected chi connectivity index (χ4v) is 2.31. The van der Waals surface area contributed by atoms with Crippen LogP contribution in [0.1, 0.15) is 22.8 Å². The van der Waals surface area contributed by atoms with Gasteiger partial charge in [0.15, 0.2) is 0 Å². The van der Waals surface area contributed by atoms with Crippen molar-refractivity contribution in [1.82, 2.24) is 4.98 Å². The molecule has 0 aliphatic carbocycles. The van der Waals surface area contributed by atoms with Gasteiger partial charge in [0, 0.05) is 22.6 Å². The fraction of sp³-hybridized carbons (Fsp3) is 0.143. The molecule has 0 fully saturated rings. The minimum Gasteiger partial charge on any atom is -0.322 e. The molecule has 0 bridgehead atoms. The van der Waals surface area contributed by atoms with Crippen molar-refractivity contribution in [1.29, 1.82) is 0 Å². The summed E-state index contributed by atoms with van der Waals surface area (Å²) in [5, 5.41) is 3.25. The van der Waals surface area contributed by atoms with E-state index in [2.05, 4.69) is 26.2 Å². The second kappa shape index (κ2) is 6.17. The Bertz CT molecular complexity index is 616. The number of pyridine rings is 1. The number of aryl methyl sites for hydroxylation is 1. The van der Waals surface area contributed by atoms with Crippen LogP contribution >= 0.6 is 27.5 Å². The highest BCUT2D eigenvalue weighted by molar-refractivity contribution is 9.10. The van der Waals surface area contributed by atoms with Crippen molar-refractivity contribution in [2.24, 2.45) is 0 Å². The van der Waals surface area contributed by atoms with Gasteiger partial charge in [0.1, 0.15) is 0 Å². The van der Waals surface area contributed by atoms with Gasteiger partial charge in [-0.2, -0.15) is 0 Å². The first-order valence-corrected chi connectivity index (χ1v) is 6.98. The van der Waals surface area contributed by atoms with E-state index in [-0.39, 0.29) is 5.91 Å². The van der Waals surface area contributed by atoms with Gasteiger partial charge in [-0.05, 0) is 36.2 Å². The molecule has 5 heteroatoms. The zero-order chi connectivity index (χ0) is 13.8. The summed E-state index contributed by atoms with van der Waals surface area (Å²) in [5.74, 6) is -0.255. The topological polar surface area (TPSA) is 42.0 Å². The number of hydrogen-bond acceptors (Lipinski definition) is 2. The number of hydrogen-bond donors (Lipinski definition) is 1. The summed E-state index contributed by atoms with van der Waals surface area (Å²) in [6.07, 6.45) is 3.84. The van der Waals surface area contributed by atoms with Crippen LogP contribution in [-0.2, 0) is 6.42 Å². The Morgan fingerprint density at radius 1 is 1.42 bits per heavy atom. The van der Waals surface area contributed by atoms with Gasteiger partial charge in [-0.15, -0.1) is 0 Å².